The van der Waals surface area contributed by atoms with Crippen LogP contribution in [-0.2, 0) is 0 Å². The molecule has 2 nitrogen and oxygen atoms in total. The Bertz CT molecular complexity index is 114. The molecule has 0 aliphatic heterocycles. The number of rotatable bonds is 4. The maximum Gasteiger partial charge on any atom is 0.0294 e. The van der Waals surface area contributed by atoms with Gasteiger partial charge in [-0.05, 0) is 14.0 Å². The first-order valence-electron chi connectivity index (χ1n) is 3.31. The molecule has 0 aromatic heterocycles. The van der Waals surface area contributed by atoms with Gasteiger partial charge in [0.2, 0.25) is 0 Å². The van der Waals surface area contributed by atoms with E-state index in [1.165, 1.54) is 0 Å². The van der Waals surface area contributed by atoms with Crippen molar-refractivity contribution in [3.63, 3.8) is 0 Å². The number of hydrogen-bond donors (Lipinski definition) is 1. The van der Waals surface area contributed by atoms with Crippen LogP contribution in [0.5, 0.6) is 0 Å². The lowest BCUT2D eigenvalue weighted by molar-refractivity contribution is 0.289. The van der Waals surface area contributed by atoms with Crippen molar-refractivity contribution in [3.05, 3.63) is 11.1 Å². The lowest BCUT2D eigenvalue weighted by Gasteiger charge is -2.22. The second kappa shape index (κ2) is 4.88. The highest BCUT2D eigenvalue weighted by Gasteiger charge is 2.05. The molecular formula is C7H15BrN2. The van der Waals surface area contributed by atoms with Gasteiger partial charge in [0.1, 0.15) is 0 Å². The molecule has 0 saturated carbocycles. The van der Waals surface area contributed by atoms with Crippen molar-refractivity contribution in [3.8, 4) is 0 Å². The van der Waals surface area contributed by atoms with Crippen LogP contribution in [0.25, 0.3) is 0 Å². The zero-order chi connectivity index (χ0) is 8.15. The van der Waals surface area contributed by atoms with Gasteiger partial charge in [0, 0.05) is 23.6 Å². The van der Waals surface area contributed by atoms with Crippen LogP contribution in [0.2, 0.25) is 0 Å². The second-order valence-electron chi connectivity index (χ2n) is 2.52. The SMILES string of the molecule is C=C(Br)CN(C)C(C)CN. The number of nitrogens with zero attached hydrogens (tertiary/aromatic N) is 1. The molecule has 0 aromatic carbocycles. The van der Waals surface area contributed by atoms with Gasteiger partial charge in [-0.15, -0.1) is 0 Å². The Hall–Kier alpha value is 0.140. The summed E-state index contributed by atoms with van der Waals surface area (Å²) in [5, 5.41) is 0. The molecule has 0 heterocycles. The summed E-state index contributed by atoms with van der Waals surface area (Å²) in [6.45, 7) is 7.39. The fourth-order valence-corrected chi connectivity index (χ4v) is 1.00. The lowest BCUT2D eigenvalue weighted by Crippen LogP contribution is -2.35. The van der Waals surface area contributed by atoms with E-state index in [-0.39, 0.29) is 0 Å². The molecule has 0 saturated heterocycles. The molecule has 1 atom stereocenters. The highest BCUT2D eigenvalue weighted by atomic mass is 79.9. The molecule has 0 rings (SSSR count). The molecule has 3 heteroatoms. The topological polar surface area (TPSA) is 29.3 Å². The Morgan fingerprint density at radius 3 is 2.60 bits per heavy atom. The van der Waals surface area contributed by atoms with Gasteiger partial charge in [-0.25, -0.2) is 0 Å². The quantitative estimate of drug-likeness (QED) is 0.749. The Balaban J connectivity index is 3.61. The van der Waals surface area contributed by atoms with E-state index in [0.717, 1.165) is 11.0 Å². The van der Waals surface area contributed by atoms with Gasteiger partial charge >= 0.3 is 0 Å². The van der Waals surface area contributed by atoms with Crippen molar-refractivity contribution in [1.82, 2.24) is 4.90 Å². The van der Waals surface area contributed by atoms with E-state index in [2.05, 4.69) is 34.3 Å². The summed E-state index contributed by atoms with van der Waals surface area (Å²) in [4.78, 5) is 2.15. The van der Waals surface area contributed by atoms with Crippen LogP contribution in [0.3, 0.4) is 0 Å². The van der Waals surface area contributed by atoms with Crippen molar-refractivity contribution in [2.24, 2.45) is 5.73 Å². The fraction of sp³-hybridized carbons (Fsp3) is 0.714. The molecule has 0 aliphatic carbocycles. The molecule has 2 N–H and O–H groups in total. The summed E-state index contributed by atoms with van der Waals surface area (Å²) in [6.07, 6.45) is 0. The third-order valence-corrected chi connectivity index (χ3v) is 1.77. The lowest BCUT2D eigenvalue weighted by atomic mass is 10.3. The van der Waals surface area contributed by atoms with E-state index in [1.807, 2.05) is 7.05 Å². The normalized spacial score (nSPS) is 13.7. The zero-order valence-corrected chi connectivity index (χ0v) is 8.19. The molecule has 1 unspecified atom stereocenters. The summed E-state index contributed by atoms with van der Waals surface area (Å²) in [6, 6.07) is 0.425. The van der Waals surface area contributed by atoms with Crippen LogP contribution in [-0.4, -0.2) is 31.1 Å². The Morgan fingerprint density at radius 2 is 2.30 bits per heavy atom. The standard InChI is InChI=1S/C7H15BrN2/c1-6(8)5-10(3)7(2)4-9/h7H,1,4-5,9H2,2-3H3. The maximum atomic E-state index is 5.46. The van der Waals surface area contributed by atoms with Crippen molar-refractivity contribution in [2.75, 3.05) is 20.1 Å². The third kappa shape index (κ3) is 4.04. The Kier molecular flexibility index (Phi) is 4.95. The first kappa shape index (κ1) is 10.1. The number of hydrogen-bond acceptors (Lipinski definition) is 2. The molecule has 0 radical (unpaired) electrons. The van der Waals surface area contributed by atoms with Gasteiger partial charge in [0.25, 0.3) is 0 Å². The third-order valence-electron chi connectivity index (χ3n) is 1.51. The first-order chi connectivity index (χ1) is 4.57. The highest BCUT2D eigenvalue weighted by molar-refractivity contribution is 9.11. The fourth-order valence-electron chi connectivity index (χ4n) is 0.606. The summed E-state index contributed by atoms with van der Waals surface area (Å²) in [5.41, 5.74) is 5.46. The van der Waals surface area contributed by atoms with E-state index in [4.69, 9.17) is 5.73 Å². The number of likely N-dealkylation sites (N-methyl/N-ethyl adjacent to an activating group) is 1. The minimum Gasteiger partial charge on any atom is -0.329 e. The molecule has 10 heavy (non-hydrogen) atoms. The largest absolute Gasteiger partial charge is 0.329 e. The molecular weight excluding hydrogens is 192 g/mol. The van der Waals surface area contributed by atoms with E-state index in [1.54, 1.807) is 0 Å². The summed E-state index contributed by atoms with van der Waals surface area (Å²) in [7, 11) is 2.03. The average Bonchev–Trinajstić information content (AvgIpc) is 1.85. The van der Waals surface area contributed by atoms with Crippen molar-refractivity contribution < 1.29 is 0 Å². The molecule has 0 fully saturated rings. The minimum absolute atomic E-state index is 0.425. The molecule has 0 aromatic rings. The average molecular weight is 207 g/mol. The van der Waals surface area contributed by atoms with Gasteiger partial charge in [-0.2, -0.15) is 0 Å². The molecule has 0 amide bonds. The monoisotopic (exact) mass is 206 g/mol. The number of nitrogens with two attached hydrogens (primary N) is 1. The summed E-state index contributed by atoms with van der Waals surface area (Å²) >= 11 is 3.30. The van der Waals surface area contributed by atoms with Gasteiger partial charge in [0.15, 0.2) is 0 Å². The van der Waals surface area contributed by atoms with Crippen LogP contribution in [0.15, 0.2) is 11.1 Å². The van der Waals surface area contributed by atoms with E-state index in [0.29, 0.717) is 12.6 Å². The summed E-state index contributed by atoms with van der Waals surface area (Å²) < 4.78 is 0.996. The van der Waals surface area contributed by atoms with Crippen molar-refractivity contribution in [1.29, 1.82) is 0 Å². The summed E-state index contributed by atoms with van der Waals surface area (Å²) in [5.74, 6) is 0. The van der Waals surface area contributed by atoms with Crippen LogP contribution in [0.4, 0.5) is 0 Å². The van der Waals surface area contributed by atoms with Crippen molar-refractivity contribution >= 4 is 15.9 Å². The number of halogens is 1. The van der Waals surface area contributed by atoms with Crippen LogP contribution in [0.1, 0.15) is 6.92 Å². The minimum atomic E-state index is 0.425. The van der Waals surface area contributed by atoms with Crippen molar-refractivity contribution in [2.45, 2.75) is 13.0 Å². The highest BCUT2D eigenvalue weighted by Crippen LogP contribution is 2.04. The molecule has 0 spiro atoms. The van der Waals surface area contributed by atoms with E-state index >= 15 is 0 Å². The maximum absolute atomic E-state index is 5.46. The van der Waals surface area contributed by atoms with Gasteiger partial charge in [-0.1, -0.05) is 22.5 Å². The van der Waals surface area contributed by atoms with Crippen LogP contribution in [0, 0.1) is 0 Å². The smallest absolute Gasteiger partial charge is 0.0294 e. The Morgan fingerprint density at radius 1 is 1.80 bits per heavy atom. The van der Waals surface area contributed by atoms with Gasteiger partial charge < -0.3 is 5.73 Å². The van der Waals surface area contributed by atoms with Gasteiger partial charge in [-0.3, -0.25) is 4.90 Å². The predicted molar refractivity (Wildman–Crippen MR) is 49.2 cm³/mol. The molecule has 0 aliphatic rings. The van der Waals surface area contributed by atoms with E-state index < -0.39 is 0 Å². The molecule has 0 bridgehead atoms. The zero-order valence-electron chi connectivity index (χ0n) is 6.60. The second-order valence-corrected chi connectivity index (χ2v) is 3.64. The van der Waals surface area contributed by atoms with Crippen LogP contribution < -0.4 is 5.73 Å². The Labute approximate surface area is 71.2 Å². The van der Waals surface area contributed by atoms with E-state index in [9.17, 15) is 0 Å². The van der Waals surface area contributed by atoms with Crippen LogP contribution >= 0.6 is 15.9 Å². The van der Waals surface area contributed by atoms with Gasteiger partial charge in [0.05, 0.1) is 0 Å². The first-order valence-corrected chi connectivity index (χ1v) is 4.10. The predicted octanol–water partition coefficient (Wildman–Crippen LogP) is 1.17. The molecule has 60 valence electrons.